The Balaban J connectivity index is 1.82. The van der Waals surface area contributed by atoms with Crippen molar-refractivity contribution in [2.75, 3.05) is 19.7 Å². The fourth-order valence-electron chi connectivity index (χ4n) is 2.70. The molecule has 1 amide bonds. The van der Waals surface area contributed by atoms with E-state index in [0.29, 0.717) is 25.3 Å². The summed E-state index contributed by atoms with van der Waals surface area (Å²) in [7, 11) is -3.54. The predicted molar refractivity (Wildman–Crippen MR) is 87.4 cm³/mol. The number of sulfone groups is 1. The van der Waals surface area contributed by atoms with E-state index in [9.17, 15) is 13.2 Å². The Morgan fingerprint density at radius 3 is 2.71 bits per heavy atom. The van der Waals surface area contributed by atoms with Crippen molar-refractivity contribution in [3.05, 3.63) is 54.0 Å². The summed E-state index contributed by atoms with van der Waals surface area (Å²) in [5.74, 6) is -0.480. The van der Waals surface area contributed by atoms with Crippen LogP contribution in [0, 0.1) is 0 Å². The number of benzene rings is 1. The van der Waals surface area contributed by atoms with Gasteiger partial charge in [-0.05, 0) is 25.1 Å². The van der Waals surface area contributed by atoms with Crippen LogP contribution in [0.25, 0.3) is 0 Å². The molecule has 0 unspecified atom stereocenters. The Morgan fingerprint density at radius 1 is 1.25 bits per heavy atom. The Bertz CT molecular complexity index is 813. The highest BCUT2D eigenvalue weighted by molar-refractivity contribution is 7.90. The lowest BCUT2D eigenvalue weighted by Crippen LogP contribution is -2.44. The van der Waals surface area contributed by atoms with E-state index in [0.717, 1.165) is 0 Å². The van der Waals surface area contributed by atoms with Gasteiger partial charge in [-0.3, -0.25) is 4.79 Å². The minimum absolute atomic E-state index is 0.0471. The fourth-order valence-corrected chi connectivity index (χ4v) is 4.07. The first kappa shape index (κ1) is 16.7. The first-order valence-electron chi connectivity index (χ1n) is 7.72. The number of hydrogen-bond donors (Lipinski definition) is 0. The molecule has 7 heteroatoms. The van der Waals surface area contributed by atoms with Crippen LogP contribution in [0.15, 0.2) is 52.0 Å². The highest BCUT2D eigenvalue weighted by Crippen LogP contribution is 2.21. The highest BCUT2D eigenvalue weighted by Gasteiger charge is 2.28. The van der Waals surface area contributed by atoms with Crippen molar-refractivity contribution in [3.8, 4) is 0 Å². The SMILES string of the molecule is C[C@@H]1CN(C(=O)c2occc2CS(=O)(=O)c2ccccc2)CCO1. The van der Waals surface area contributed by atoms with Gasteiger partial charge in [0.15, 0.2) is 15.6 Å². The molecular formula is C17H19NO5S. The van der Waals surface area contributed by atoms with Gasteiger partial charge in [0.1, 0.15) is 0 Å². The van der Waals surface area contributed by atoms with Crippen LogP contribution in [-0.2, 0) is 20.3 Å². The maximum atomic E-state index is 12.6. The van der Waals surface area contributed by atoms with Gasteiger partial charge < -0.3 is 14.1 Å². The minimum Gasteiger partial charge on any atom is -0.459 e. The number of ether oxygens (including phenoxy) is 1. The molecule has 1 fully saturated rings. The van der Waals surface area contributed by atoms with Crippen LogP contribution < -0.4 is 0 Å². The van der Waals surface area contributed by atoms with Crippen molar-refractivity contribution in [1.82, 2.24) is 4.90 Å². The van der Waals surface area contributed by atoms with E-state index in [-0.39, 0.29) is 28.4 Å². The lowest BCUT2D eigenvalue weighted by atomic mass is 10.2. The molecule has 1 aromatic heterocycles. The van der Waals surface area contributed by atoms with Gasteiger partial charge in [-0.1, -0.05) is 18.2 Å². The standard InChI is InChI=1S/C17H19NO5S/c1-13-11-18(8-10-22-13)17(19)16-14(7-9-23-16)12-24(20,21)15-5-3-2-4-6-15/h2-7,9,13H,8,10-12H2,1H3/t13-/m1/s1. The maximum absolute atomic E-state index is 12.6. The van der Waals surface area contributed by atoms with Crippen molar-refractivity contribution in [2.45, 2.75) is 23.7 Å². The number of carbonyl (C=O) groups excluding carboxylic acids is 1. The molecule has 6 nitrogen and oxygen atoms in total. The molecular weight excluding hydrogens is 330 g/mol. The topological polar surface area (TPSA) is 76.8 Å². The molecule has 24 heavy (non-hydrogen) atoms. The summed E-state index contributed by atoms with van der Waals surface area (Å²) < 4.78 is 35.8. The Hall–Kier alpha value is -2.12. The van der Waals surface area contributed by atoms with E-state index in [1.807, 2.05) is 6.92 Å². The summed E-state index contributed by atoms with van der Waals surface area (Å²) in [6, 6.07) is 9.72. The molecule has 0 spiro atoms. The third kappa shape index (κ3) is 3.52. The zero-order chi connectivity index (χ0) is 17.2. The van der Waals surface area contributed by atoms with Crippen molar-refractivity contribution in [1.29, 1.82) is 0 Å². The molecule has 2 heterocycles. The van der Waals surface area contributed by atoms with E-state index in [1.54, 1.807) is 35.2 Å². The average Bonchev–Trinajstić information content (AvgIpc) is 3.02. The zero-order valence-corrected chi connectivity index (χ0v) is 14.2. The van der Waals surface area contributed by atoms with Gasteiger partial charge in [0.25, 0.3) is 5.91 Å². The largest absolute Gasteiger partial charge is 0.459 e. The lowest BCUT2D eigenvalue weighted by Gasteiger charge is -2.30. The van der Waals surface area contributed by atoms with Gasteiger partial charge in [-0.2, -0.15) is 0 Å². The van der Waals surface area contributed by atoms with Crippen molar-refractivity contribution >= 4 is 15.7 Å². The number of amides is 1. The van der Waals surface area contributed by atoms with Crippen LogP contribution >= 0.6 is 0 Å². The number of hydrogen-bond acceptors (Lipinski definition) is 5. The molecule has 0 aliphatic carbocycles. The lowest BCUT2D eigenvalue weighted by molar-refractivity contribution is -0.0135. The van der Waals surface area contributed by atoms with Crippen LogP contribution in [-0.4, -0.2) is 45.0 Å². The molecule has 1 aromatic carbocycles. The van der Waals surface area contributed by atoms with Gasteiger partial charge in [0.2, 0.25) is 0 Å². The molecule has 1 saturated heterocycles. The molecule has 0 saturated carbocycles. The average molecular weight is 349 g/mol. The number of rotatable bonds is 4. The quantitative estimate of drug-likeness (QED) is 0.845. The third-order valence-electron chi connectivity index (χ3n) is 3.92. The number of nitrogens with zero attached hydrogens (tertiary/aromatic N) is 1. The van der Waals surface area contributed by atoms with E-state index >= 15 is 0 Å². The van der Waals surface area contributed by atoms with Gasteiger partial charge in [-0.25, -0.2) is 8.42 Å². The van der Waals surface area contributed by atoms with Crippen molar-refractivity contribution in [2.24, 2.45) is 0 Å². The summed E-state index contributed by atoms with van der Waals surface area (Å²) in [6.07, 6.45) is 1.31. The molecule has 0 bridgehead atoms. The fraction of sp³-hybridized carbons (Fsp3) is 0.353. The predicted octanol–water partition coefficient (Wildman–Crippen LogP) is 2.11. The van der Waals surface area contributed by atoms with Crippen LogP contribution in [0.4, 0.5) is 0 Å². The minimum atomic E-state index is -3.54. The molecule has 1 aliphatic rings. The summed E-state index contributed by atoms with van der Waals surface area (Å²) in [5.41, 5.74) is 0.378. The van der Waals surface area contributed by atoms with Crippen LogP contribution in [0.3, 0.4) is 0 Å². The number of morpholine rings is 1. The van der Waals surface area contributed by atoms with Crippen LogP contribution in [0.5, 0.6) is 0 Å². The third-order valence-corrected chi connectivity index (χ3v) is 5.60. The highest BCUT2D eigenvalue weighted by atomic mass is 32.2. The first-order valence-corrected chi connectivity index (χ1v) is 9.37. The molecule has 128 valence electrons. The van der Waals surface area contributed by atoms with E-state index in [2.05, 4.69) is 0 Å². The van der Waals surface area contributed by atoms with E-state index < -0.39 is 9.84 Å². The summed E-state index contributed by atoms with van der Waals surface area (Å²) >= 11 is 0. The van der Waals surface area contributed by atoms with Crippen molar-refractivity contribution < 1.29 is 22.4 Å². The maximum Gasteiger partial charge on any atom is 0.290 e. The van der Waals surface area contributed by atoms with Crippen LogP contribution in [0.2, 0.25) is 0 Å². The number of furan rings is 1. The molecule has 1 atom stereocenters. The van der Waals surface area contributed by atoms with E-state index in [4.69, 9.17) is 9.15 Å². The van der Waals surface area contributed by atoms with Crippen molar-refractivity contribution in [3.63, 3.8) is 0 Å². The zero-order valence-electron chi connectivity index (χ0n) is 13.3. The van der Waals surface area contributed by atoms with Gasteiger partial charge in [0.05, 0.1) is 29.6 Å². The van der Waals surface area contributed by atoms with Gasteiger partial charge in [0, 0.05) is 18.7 Å². The normalized spacial score (nSPS) is 18.5. The molecule has 3 rings (SSSR count). The Kier molecular flexibility index (Phi) is 4.73. The van der Waals surface area contributed by atoms with Gasteiger partial charge in [-0.15, -0.1) is 0 Å². The molecule has 2 aromatic rings. The summed E-state index contributed by atoms with van der Waals surface area (Å²) in [5, 5.41) is 0. The Morgan fingerprint density at radius 2 is 2.00 bits per heavy atom. The number of carbonyl (C=O) groups is 1. The second kappa shape index (κ2) is 6.78. The van der Waals surface area contributed by atoms with Gasteiger partial charge >= 0.3 is 0 Å². The smallest absolute Gasteiger partial charge is 0.290 e. The molecule has 1 aliphatic heterocycles. The first-order chi connectivity index (χ1) is 11.5. The monoisotopic (exact) mass is 349 g/mol. The molecule has 0 radical (unpaired) electrons. The van der Waals surface area contributed by atoms with Crippen LogP contribution in [0.1, 0.15) is 23.0 Å². The molecule has 0 N–H and O–H groups in total. The summed E-state index contributed by atoms with van der Waals surface area (Å²) in [6.45, 7) is 3.28. The second-order valence-electron chi connectivity index (χ2n) is 5.78. The Labute approximate surface area is 140 Å². The second-order valence-corrected chi connectivity index (χ2v) is 7.77. The summed E-state index contributed by atoms with van der Waals surface area (Å²) in [4.78, 5) is 14.5. The van der Waals surface area contributed by atoms with E-state index in [1.165, 1.54) is 12.3 Å².